The summed E-state index contributed by atoms with van der Waals surface area (Å²) in [5.41, 5.74) is 2.88. The van der Waals surface area contributed by atoms with E-state index in [1.165, 1.54) is 11.1 Å². The van der Waals surface area contributed by atoms with Crippen LogP contribution in [0.3, 0.4) is 0 Å². The number of hydrogen-bond donors (Lipinski definition) is 2. The molecular weight excluding hydrogens is 304 g/mol. The minimum atomic E-state index is -1.26. The molecule has 0 saturated heterocycles. The lowest BCUT2D eigenvalue weighted by molar-refractivity contribution is -0.134. The van der Waals surface area contributed by atoms with Crippen molar-refractivity contribution in [1.29, 1.82) is 0 Å². The zero-order valence-corrected chi connectivity index (χ0v) is 13.2. The molecular formula is C15H18N2O4S. The quantitative estimate of drug-likeness (QED) is 0.826. The molecule has 1 unspecified atom stereocenters. The number of thiophene rings is 1. The van der Waals surface area contributed by atoms with Gasteiger partial charge in [-0.1, -0.05) is 6.92 Å². The molecule has 0 radical (unpaired) electrons. The molecule has 2 aromatic heterocycles. The van der Waals surface area contributed by atoms with Crippen LogP contribution in [0.5, 0.6) is 0 Å². The minimum absolute atomic E-state index is 0.402. The highest BCUT2D eigenvalue weighted by Crippen LogP contribution is 2.25. The van der Waals surface area contributed by atoms with Crippen molar-refractivity contribution in [3.63, 3.8) is 0 Å². The summed E-state index contributed by atoms with van der Waals surface area (Å²) in [6.45, 7) is 4.41. The Morgan fingerprint density at radius 2 is 1.95 bits per heavy atom. The van der Waals surface area contributed by atoms with Gasteiger partial charge in [0.1, 0.15) is 0 Å². The van der Waals surface area contributed by atoms with Gasteiger partial charge in [0.05, 0.1) is 12.4 Å². The van der Waals surface area contributed by atoms with Crippen LogP contribution in [0.4, 0.5) is 0 Å². The number of imidazole rings is 1. The zero-order valence-electron chi connectivity index (χ0n) is 12.3. The smallest absolute Gasteiger partial charge is 0.328 e. The fourth-order valence-corrected chi connectivity index (χ4v) is 2.82. The third kappa shape index (κ3) is 5.53. The van der Waals surface area contributed by atoms with Gasteiger partial charge in [-0.05, 0) is 35.2 Å². The summed E-state index contributed by atoms with van der Waals surface area (Å²) < 4.78 is 2.14. The molecule has 2 rings (SSSR count). The molecule has 0 aromatic carbocycles. The molecule has 7 heteroatoms. The number of carboxylic acids is 2. The maximum Gasteiger partial charge on any atom is 0.328 e. The maximum atomic E-state index is 9.55. The Balaban J connectivity index is 0.000000261. The average Bonchev–Trinajstić information content (AvgIpc) is 3.15. The third-order valence-electron chi connectivity index (χ3n) is 2.95. The number of aryl methyl sites for hydroxylation is 1. The van der Waals surface area contributed by atoms with Gasteiger partial charge in [-0.15, -0.1) is 0 Å². The van der Waals surface area contributed by atoms with Gasteiger partial charge in [0.25, 0.3) is 0 Å². The van der Waals surface area contributed by atoms with Gasteiger partial charge in [-0.3, -0.25) is 0 Å². The SMILES string of the molecule is CCc1cscc1C(C)n1ccnc1.O=C(O)C=CC(=O)O. The van der Waals surface area contributed by atoms with E-state index in [9.17, 15) is 9.59 Å². The van der Waals surface area contributed by atoms with Gasteiger partial charge in [-0.2, -0.15) is 11.3 Å². The fraction of sp³-hybridized carbons (Fsp3) is 0.267. The van der Waals surface area contributed by atoms with Crippen LogP contribution in [0.2, 0.25) is 0 Å². The van der Waals surface area contributed by atoms with Crippen LogP contribution in [-0.4, -0.2) is 31.7 Å². The summed E-state index contributed by atoms with van der Waals surface area (Å²) in [5, 5.41) is 20.1. The van der Waals surface area contributed by atoms with Crippen molar-refractivity contribution in [1.82, 2.24) is 9.55 Å². The number of carbonyl (C=O) groups is 2. The monoisotopic (exact) mass is 322 g/mol. The number of nitrogens with zero attached hydrogens (tertiary/aromatic N) is 2. The van der Waals surface area contributed by atoms with Gasteiger partial charge in [0.2, 0.25) is 0 Å². The largest absolute Gasteiger partial charge is 0.478 e. The second kappa shape index (κ2) is 8.78. The van der Waals surface area contributed by atoms with E-state index in [1.54, 1.807) is 11.3 Å². The van der Waals surface area contributed by atoms with Crippen molar-refractivity contribution in [2.45, 2.75) is 26.3 Å². The van der Waals surface area contributed by atoms with Crippen LogP contribution in [0.25, 0.3) is 0 Å². The van der Waals surface area contributed by atoms with Crippen molar-refractivity contribution >= 4 is 23.3 Å². The normalized spacial score (nSPS) is 11.7. The molecule has 2 N–H and O–H groups in total. The summed E-state index contributed by atoms with van der Waals surface area (Å²) >= 11 is 1.78. The Labute approximate surface area is 132 Å². The Morgan fingerprint density at radius 3 is 2.41 bits per heavy atom. The topological polar surface area (TPSA) is 92.4 Å². The molecule has 0 spiro atoms. The molecule has 0 fully saturated rings. The lowest BCUT2D eigenvalue weighted by Gasteiger charge is -2.13. The molecule has 0 aliphatic rings. The average molecular weight is 322 g/mol. The molecule has 1 atom stereocenters. The van der Waals surface area contributed by atoms with E-state index in [0.29, 0.717) is 18.2 Å². The number of hydrogen-bond acceptors (Lipinski definition) is 4. The van der Waals surface area contributed by atoms with Crippen molar-refractivity contribution in [3.05, 3.63) is 52.8 Å². The van der Waals surface area contributed by atoms with Crippen molar-refractivity contribution in [3.8, 4) is 0 Å². The molecule has 0 aliphatic heterocycles. The first-order valence-corrected chi connectivity index (χ1v) is 7.56. The van der Waals surface area contributed by atoms with E-state index in [-0.39, 0.29) is 0 Å². The highest BCUT2D eigenvalue weighted by Gasteiger charge is 2.11. The number of aliphatic carboxylic acids is 2. The molecule has 0 aliphatic carbocycles. The molecule has 22 heavy (non-hydrogen) atoms. The van der Waals surface area contributed by atoms with Crippen LogP contribution < -0.4 is 0 Å². The third-order valence-corrected chi connectivity index (χ3v) is 3.76. The van der Waals surface area contributed by atoms with Gasteiger partial charge < -0.3 is 14.8 Å². The first-order chi connectivity index (χ1) is 10.5. The molecule has 0 bridgehead atoms. The standard InChI is InChI=1S/C11H14N2S.C4H4O4/c1-3-10-6-14-7-11(10)9(2)13-5-4-12-8-13;5-3(6)1-2-4(7)8/h4-9H,3H2,1-2H3;1-2H,(H,5,6)(H,7,8). The lowest BCUT2D eigenvalue weighted by Crippen LogP contribution is -2.05. The van der Waals surface area contributed by atoms with E-state index < -0.39 is 11.9 Å². The molecule has 6 nitrogen and oxygen atoms in total. The predicted molar refractivity (Wildman–Crippen MR) is 84.1 cm³/mol. The van der Waals surface area contributed by atoms with Gasteiger partial charge in [0.15, 0.2) is 0 Å². The Morgan fingerprint density at radius 1 is 1.32 bits per heavy atom. The van der Waals surface area contributed by atoms with Gasteiger partial charge in [0, 0.05) is 24.5 Å². The Kier molecular flexibility index (Phi) is 7.04. The summed E-state index contributed by atoms with van der Waals surface area (Å²) in [6, 6.07) is 0.402. The fourth-order valence-electron chi connectivity index (χ4n) is 1.79. The molecule has 2 heterocycles. The molecule has 0 amide bonds. The second-order valence-corrected chi connectivity index (χ2v) is 5.15. The highest BCUT2D eigenvalue weighted by molar-refractivity contribution is 7.08. The van der Waals surface area contributed by atoms with Crippen molar-refractivity contribution in [2.75, 3.05) is 0 Å². The van der Waals surface area contributed by atoms with E-state index >= 15 is 0 Å². The van der Waals surface area contributed by atoms with Crippen molar-refractivity contribution < 1.29 is 19.8 Å². The van der Waals surface area contributed by atoms with Crippen LogP contribution in [-0.2, 0) is 16.0 Å². The predicted octanol–water partition coefficient (Wildman–Crippen LogP) is 2.83. The van der Waals surface area contributed by atoms with Crippen molar-refractivity contribution in [2.24, 2.45) is 0 Å². The summed E-state index contributed by atoms with van der Waals surface area (Å²) in [6.07, 6.45) is 7.95. The maximum absolute atomic E-state index is 9.55. The zero-order chi connectivity index (χ0) is 16.5. The number of rotatable bonds is 5. The molecule has 0 saturated carbocycles. The second-order valence-electron chi connectivity index (χ2n) is 4.40. The first-order valence-electron chi connectivity index (χ1n) is 6.62. The van der Waals surface area contributed by atoms with E-state index in [4.69, 9.17) is 10.2 Å². The van der Waals surface area contributed by atoms with E-state index in [1.807, 2.05) is 18.7 Å². The Bertz CT molecular complexity index is 616. The first kappa shape index (κ1) is 17.6. The number of carboxylic acid groups (broad SMARTS) is 2. The highest BCUT2D eigenvalue weighted by atomic mass is 32.1. The summed E-state index contributed by atoms with van der Waals surface area (Å²) in [5.74, 6) is -2.51. The molecule has 118 valence electrons. The van der Waals surface area contributed by atoms with Crippen LogP contribution in [0.1, 0.15) is 31.0 Å². The van der Waals surface area contributed by atoms with Crippen LogP contribution in [0, 0.1) is 0 Å². The van der Waals surface area contributed by atoms with Gasteiger partial charge >= 0.3 is 11.9 Å². The van der Waals surface area contributed by atoms with E-state index in [2.05, 4.69) is 34.2 Å². The Hall–Kier alpha value is -2.41. The lowest BCUT2D eigenvalue weighted by atomic mass is 10.1. The van der Waals surface area contributed by atoms with Crippen LogP contribution >= 0.6 is 11.3 Å². The molecule has 2 aromatic rings. The summed E-state index contributed by atoms with van der Waals surface area (Å²) in [7, 11) is 0. The summed E-state index contributed by atoms with van der Waals surface area (Å²) in [4.78, 5) is 23.2. The van der Waals surface area contributed by atoms with E-state index in [0.717, 1.165) is 6.42 Å². The minimum Gasteiger partial charge on any atom is -0.478 e. The van der Waals surface area contributed by atoms with Crippen LogP contribution in [0.15, 0.2) is 41.6 Å². The number of aromatic nitrogens is 2. The van der Waals surface area contributed by atoms with Gasteiger partial charge in [-0.25, -0.2) is 14.6 Å².